The van der Waals surface area contributed by atoms with Gasteiger partial charge < -0.3 is 10.4 Å². The lowest BCUT2D eigenvalue weighted by Gasteiger charge is -2.38. The quantitative estimate of drug-likeness (QED) is 0.233. The predicted octanol–water partition coefficient (Wildman–Crippen LogP) is 6.81. The maximum atomic E-state index is 12.8. The Morgan fingerprint density at radius 2 is 1.76 bits per heavy atom. The smallest absolute Gasteiger partial charge is 0.412 e. The molecule has 1 heterocycles. The molecule has 2 N–H and O–H groups in total. The van der Waals surface area contributed by atoms with Gasteiger partial charge in [-0.25, -0.2) is 9.48 Å². The number of amides is 1. The molecule has 1 aromatic heterocycles. The number of anilines is 1. The van der Waals surface area contributed by atoms with Crippen molar-refractivity contribution in [3.8, 4) is 11.1 Å². The van der Waals surface area contributed by atoms with Crippen molar-refractivity contribution in [1.82, 2.24) is 20.3 Å². The van der Waals surface area contributed by atoms with Gasteiger partial charge in [-0.1, -0.05) is 59.8 Å². The Kier molecular flexibility index (Phi) is 8.31. The fourth-order valence-corrected chi connectivity index (χ4v) is 5.75. The molecule has 1 amide bonds. The first-order valence-electron chi connectivity index (χ1n) is 14.2. The number of carbonyl (C=O) groups excluding carboxylic acids is 1. The SMILES string of the molecule is CC(C)(C)NC1CCC(N(C(=O)O)c2cc(/C=C/Cn3nnc4cc(C=O)ccc43)ccc2-c2ccccc2)CC1. The van der Waals surface area contributed by atoms with Crippen molar-refractivity contribution in [2.75, 3.05) is 4.90 Å². The first kappa shape index (κ1) is 28.2. The Morgan fingerprint density at radius 3 is 2.44 bits per heavy atom. The van der Waals surface area contributed by atoms with Crippen molar-refractivity contribution >= 4 is 35.2 Å². The van der Waals surface area contributed by atoms with Gasteiger partial charge >= 0.3 is 6.09 Å². The van der Waals surface area contributed by atoms with E-state index in [9.17, 15) is 14.7 Å². The van der Waals surface area contributed by atoms with Gasteiger partial charge in [0.05, 0.1) is 17.7 Å². The third kappa shape index (κ3) is 6.72. The fourth-order valence-electron chi connectivity index (χ4n) is 5.75. The van der Waals surface area contributed by atoms with Crippen molar-refractivity contribution < 1.29 is 14.7 Å². The second-order valence-corrected chi connectivity index (χ2v) is 11.7. The Hall–Kier alpha value is -4.30. The van der Waals surface area contributed by atoms with E-state index in [0.29, 0.717) is 29.4 Å². The van der Waals surface area contributed by atoms with Crippen LogP contribution in [0.25, 0.3) is 28.2 Å². The van der Waals surface area contributed by atoms with Crippen LogP contribution in [0.5, 0.6) is 0 Å². The average molecular weight is 552 g/mol. The van der Waals surface area contributed by atoms with Gasteiger partial charge in [0.15, 0.2) is 0 Å². The lowest BCUT2D eigenvalue weighted by molar-refractivity contribution is 0.112. The molecular weight excluding hydrogens is 514 g/mol. The van der Waals surface area contributed by atoms with Gasteiger partial charge in [-0.05, 0) is 81.8 Å². The van der Waals surface area contributed by atoms with Crippen molar-refractivity contribution in [2.45, 2.75) is 70.6 Å². The molecule has 0 unspecified atom stereocenters. The zero-order chi connectivity index (χ0) is 29.0. The van der Waals surface area contributed by atoms with Gasteiger partial charge in [0.1, 0.15) is 11.8 Å². The molecule has 0 saturated heterocycles. The van der Waals surface area contributed by atoms with Crippen LogP contribution < -0.4 is 10.2 Å². The van der Waals surface area contributed by atoms with E-state index < -0.39 is 6.09 Å². The van der Waals surface area contributed by atoms with Gasteiger partial charge in [-0.2, -0.15) is 0 Å². The summed E-state index contributed by atoms with van der Waals surface area (Å²) in [5.41, 5.74) is 5.59. The molecule has 1 aliphatic carbocycles. The third-order valence-electron chi connectivity index (χ3n) is 7.53. The normalized spacial score (nSPS) is 17.6. The molecule has 41 heavy (non-hydrogen) atoms. The lowest BCUT2D eigenvalue weighted by Crippen LogP contribution is -2.49. The minimum absolute atomic E-state index is 0.0299. The van der Waals surface area contributed by atoms with Crippen LogP contribution in [0.1, 0.15) is 62.4 Å². The van der Waals surface area contributed by atoms with E-state index in [1.165, 1.54) is 0 Å². The largest absolute Gasteiger partial charge is 0.465 e. The monoisotopic (exact) mass is 551 g/mol. The maximum absolute atomic E-state index is 12.8. The summed E-state index contributed by atoms with van der Waals surface area (Å²) in [6.07, 6.45) is 7.31. The Balaban J connectivity index is 1.42. The maximum Gasteiger partial charge on any atom is 0.412 e. The van der Waals surface area contributed by atoms with Crippen LogP contribution in [-0.4, -0.2) is 50.1 Å². The van der Waals surface area contributed by atoms with Crippen LogP contribution >= 0.6 is 0 Å². The average Bonchev–Trinajstić information content (AvgIpc) is 3.36. The number of fused-ring (bicyclic) bond motifs is 1. The van der Waals surface area contributed by atoms with Gasteiger partial charge in [0.2, 0.25) is 0 Å². The lowest BCUT2D eigenvalue weighted by atomic mass is 9.88. The number of carboxylic acid groups (broad SMARTS) is 1. The highest BCUT2D eigenvalue weighted by Gasteiger charge is 2.32. The molecule has 0 bridgehead atoms. The number of nitrogens with one attached hydrogen (secondary N) is 1. The Morgan fingerprint density at radius 1 is 1.02 bits per heavy atom. The van der Waals surface area contributed by atoms with Crippen LogP contribution in [0.15, 0.2) is 72.8 Å². The van der Waals surface area contributed by atoms with Crippen LogP contribution in [-0.2, 0) is 6.54 Å². The minimum atomic E-state index is -0.931. The fraction of sp³-hybridized carbons (Fsp3) is 0.333. The molecule has 8 nitrogen and oxygen atoms in total. The number of rotatable bonds is 8. The number of hydrogen-bond acceptors (Lipinski definition) is 5. The number of benzene rings is 3. The van der Waals surface area contributed by atoms with Crippen LogP contribution in [0, 0.1) is 0 Å². The highest BCUT2D eigenvalue weighted by molar-refractivity contribution is 5.94. The van der Waals surface area contributed by atoms with Crippen LogP contribution in [0.2, 0.25) is 0 Å². The first-order chi connectivity index (χ1) is 19.7. The molecular formula is C33H37N5O3. The standard InChI is InChI=1S/C33H37N5O3/c1-33(2,3)34-26-13-15-27(16-14-26)38(32(40)41)31-21-23(11-17-28(31)25-9-5-4-6-10-25)8-7-19-37-30-18-12-24(22-39)20-29(30)35-36-37/h4-12,17-18,20-22,26-27,34H,13-16,19H2,1-3H3,(H,40,41)/b8-7+. The highest BCUT2D eigenvalue weighted by Crippen LogP contribution is 2.37. The van der Waals surface area contributed by atoms with E-state index in [1.54, 1.807) is 21.7 Å². The molecule has 8 heteroatoms. The molecule has 0 atom stereocenters. The molecule has 3 aromatic carbocycles. The molecule has 1 fully saturated rings. The van der Waals surface area contributed by atoms with Gasteiger partial charge in [-0.3, -0.25) is 9.69 Å². The van der Waals surface area contributed by atoms with Crippen molar-refractivity contribution in [3.05, 3.63) is 83.9 Å². The first-order valence-corrected chi connectivity index (χ1v) is 14.2. The van der Waals surface area contributed by atoms with E-state index in [0.717, 1.165) is 54.2 Å². The van der Waals surface area contributed by atoms with E-state index in [-0.39, 0.29) is 11.6 Å². The second kappa shape index (κ2) is 12.1. The molecule has 1 aliphatic rings. The zero-order valence-corrected chi connectivity index (χ0v) is 23.8. The molecule has 4 aromatic rings. The Bertz CT molecular complexity index is 1550. The van der Waals surface area contributed by atoms with Crippen LogP contribution in [0.3, 0.4) is 0 Å². The van der Waals surface area contributed by atoms with Gasteiger partial charge in [-0.15, -0.1) is 5.10 Å². The van der Waals surface area contributed by atoms with E-state index in [2.05, 4.69) is 36.4 Å². The van der Waals surface area contributed by atoms with Crippen molar-refractivity contribution in [3.63, 3.8) is 0 Å². The van der Waals surface area contributed by atoms with Crippen LogP contribution in [0.4, 0.5) is 10.5 Å². The summed E-state index contributed by atoms with van der Waals surface area (Å²) >= 11 is 0. The number of nitrogens with zero attached hydrogens (tertiary/aromatic N) is 4. The number of aromatic nitrogens is 3. The van der Waals surface area contributed by atoms with Gasteiger partial charge in [0.25, 0.3) is 0 Å². The summed E-state index contributed by atoms with van der Waals surface area (Å²) in [5.74, 6) is 0. The Labute approximate surface area is 240 Å². The minimum Gasteiger partial charge on any atom is -0.465 e. The molecule has 0 aliphatic heterocycles. The summed E-state index contributed by atoms with van der Waals surface area (Å²) < 4.78 is 1.77. The number of aldehydes is 1. The summed E-state index contributed by atoms with van der Waals surface area (Å²) in [6.45, 7) is 6.99. The van der Waals surface area contributed by atoms with E-state index in [1.807, 2.05) is 66.7 Å². The molecule has 0 radical (unpaired) electrons. The zero-order valence-electron chi connectivity index (χ0n) is 23.8. The number of hydrogen-bond donors (Lipinski definition) is 2. The molecule has 5 rings (SSSR count). The molecule has 0 spiro atoms. The van der Waals surface area contributed by atoms with Gasteiger partial charge in [0, 0.05) is 28.7 Å². The van der Waals surface area contributed by atoms with E-state index >= 15 is 0 Å². The molecule has 212 valence electrons. The molecule has 1 saturated carbocycles. The second-order valence-electron chi connectivity index (χ2n) is 11.7. The summed E-state index contributed by atoms with van der Waals surface area (Å²) in [6, 6.07) is 21.6. The summed E-state index contributed by atoms with van der Waals surface area (Å²) in [4.78, 5) is 25.5. The van der Waals surface area contributed by atoms with Crippen molar-refractivity contribution in [2.24, 2.45) is 0 Å². The summed E-state index contributed by atoms with van der Waals surface area (Å²) in [7, 11) is 0. The predicted molar refractivity (Wildman–Crippen MR) is 163 cm³/mol. The highest BCUT2D eigenvalue weighted by atomic mass is 16.4. The van der Waals surface area contributed by atoms with Crippen molar-refractivity contribution in [1.29, 1.82) is 0 Å². The topological polar surface area (TPSA) is 100 Å². The number of carbonyl (C=O) groups is 2. The summed E-state index contributed by atoms with van der Waals surface area (Å²) in [5, 5.41) is 22.6. The third-order valence-corrected chi connectivity index (χ3v) is 7.53. The number of allylic oxidation sites excluding steroid dienone is 1. The van der Waals surface area contributed by atoms with E-state index in [4.69, 9.17) is 0 Å².